The van der Waals surface area contributed by atoms with E-state index in [-0.39, 0.29) is 11.8 Å². The van der Waals surface area contributed by atoms with Crippen LogP contribution in [0.15, 0.2) is 48.5 Å². The number of benzene rings is 2. The minimum absolute atomic E-state index is 0.0121. The average Bonchev–Trinajstić information content (AvgIpc) is 2.92. The Hall–Kier alpha value is -2.62. The summed E-state index contributed by atoms with van der Waals surface area (Å²) in [6.07, 6.45) is 1.56. The van der Waals surface area contributed by atoms with Crippen molar-refractivity contribution < 1.29 is 9.59 Å². The van der Waals surface area contributed by atoms with Gasteiger partial charge in [-0.2, -0.15) is 0 Å². The molecule has 0 radical (unpaired) electrons. The first kappa shape index (κ1) is 13.4. The lowest BCUT2D eigenvalue weighted by Gasteiger charge is -2.10. The van der Waals surface area contributed by atoms with Crippen molar-refractivity contribution in [2.45, 2.75) is 12.8 Å². The molecule has 0 saturated carbocycles. The summed E-state index contributed by atoms with van der Waals surface area (Å²) in [5.41, 5.74) is 8.80. The number of carbonyl (C=O) groups excluding carboxylic acids is 2. The lowest BCUT2D eigenvalue weighted by molar-refractivity contribution is -0.119. The fourth-order valence-corrected chi connectivity index (χ4v) is 2.71. The number of fused-ring (bicyclic) bond motifs is 1. The molecular formula is C17H16N2O2. The van der Waals surface area contributed by atoms with Crippen molar-refractivity contribution in [2.24, 2.45) is 11.7 Å². The van der Waals surface area contributed by atoms with Crippen LogP contribution in [-0.2, 0) is 17.6 Å². The molecule has 2 aromatic rings. The Kier molecular flexibility index (Phi) is 3.44. The summed E-state index contributed by atoms with van der Waals surface area (Å²) in [4.78, 5) is 23.3. The Morgan fingerprint density at radius 3 is 2.05 bits per heavy atom. The highest BCUT2D eigenvalue weighted by molar-refractivity contribution is 5.95. The molecule has 0 atom stereocenters. The maximum absolute atomic E-state index is 12.3. The lowest BCUT2D eigenvalue weighted by Crippen LogP contribution is -2.23. The van der Waals surface area contributed by atoms with Crippen LogP contribution in [0, 0.1) is 5.92 Å². The van der Waals surface area contributed by atoms with Crippen LogP contribution in [0.5, 0.6) is 0 Å². The maximum atomic E-state index is 12.3. The first-order chi connectivity index (χ1) is 10.1. The van der Waals surface area contributed by atoms with Gasteiger partial charge in [-0.15, -0.1) is 0 Å². The van der Waals surface area contributed by atoms with E-state index in [2.05, 4.69) is 17.4 Å². The molecule has 0 spiro atoms. The second-order valence-corrected chi connectivity index (χ2v) is 5.30. The fourth-order valence-electron chi connectivity index (χ4n) is 2.71. The van der Waals surface area contributed by atoms with E-state index in [0.29, 0.717) is 11.3 Å². The van der Waals surface area contributed by atoms with E-state index in [1.807, 2.05) is 12.1 Å². The van der Waals surface area contributed by atoms with Crippen molar-refractivity contribution in [3.05, 3.63) is 65.2 Å². The predicted octanol–water partition coefficient (Wildman–Crippen LogP) is 2.14. The Labute approximate surface area is 123 Å². The van der Waals surface area contributed by atoms with Crippen LogP contribution in [0.25, 0.3) is 0 Å². The number of nitrogens with two attached hydrogens (primary N) is 1. The van der Waals surface area contributed by atoms with Gasteiger partial charge < -0.3 is 11.1 Å². The monoisotopic (exact) mass is 280 g/mol. The van der Waals surface area contributed by atoms with E-state index in [9.17, 15) is 9.59 Å². The standard InChI is InChI=1S/C17H16N2O2/c18-16(20)11-5-7-15(8-6-11)19-17(21)14-9-12-3-1-2-4-13(12)10-14/h1-8,14H,9-10H2,(H2,18,20)(H,19,21). The molecule has 4 nitrogen and oxygen atoms in total. The van der Waals surface area contributed by atoms with Gasteiger partial charge in [0.15, 0.2) is 0 Å². The molecule has 0 aromatic heterocycles. The summed E-state index contributed by atoms with van der Waals surface area (Å²) in [6, 6.07) is 14.8. The quantitative estimate of drug-likeness (QED) is 0.904. The molecule has 1 aliphatic carbocycles. The zero-order valence-corrected chi connectivity index (χ0v) is 11.5. The van der Waals surface area contributed by atoms with E-state index in [0.717, 1.165) is 12.8 Å². The second-order valence-electron chi connectivity index (χ2n) is 5.30. The first-order valence-electron chi connectivity index (χ1n) is 6.91. The molecule has 2 aromatic carbocycles. The van der Waals surface area contributed by atoms with Crippen LogP contribution in [0.3, 0.4) is 0 Å². The van der Waals surface area contributed by atoms with Crippen molar-refractivity contribution in [1.82, 2.24) is 0 Å². The number of carbonyl (C=O) groups is 2. The number of primary amides is 1. The first-order valence-corrected chi connectivity index (χ1v) is 6.91. The normalized spacial score (nSPS) is 13.7. The van der Waals surface area contributed by atoms with E-state index in [4.69, 9.17) is 5.73 Å². The molecule has 0 bridgehead atoms. The van der Waals surface area contributed by atoms with Crippen LogP contribution in [0.1, 0.15) is 21.5 Å². The minimum Gasteiger partial charge on any atom is -0.366 e. The lowest BCUT2D eigenvalue weighted by atomic mass is 10.1. The molecule has 21 heavy (non-hydrogen) atoms. The zero-order valence-electron chi connectivity index (χ0n) is 11.5. The summed E-state index contributed by atoms with van der Waals surface area (Å²) >= 11 is 0. The van der Waals surface area contributed by atoms with E-state index in [1.165, 1.54) is 11.1 Å². The molecule has 106 valence electrons. The van der Waals surface area contributed by atoms with E-state index < -0.39 is 5.91 Å². The predicted molar refractivity (Wildman–Crippen MR) is 80.9 cm³/mol. The molecule has 0 unspecified atom stereocenters. The average molecular weight is 280 g/mol. The van der Waals surface area contributed by atoms with Gasteiger partial charge in [0.1, 0.15) is 0 Å². The van der Waals surface area contributed by atoms with Crippen molar-refractivity contribution in [3.63, 3.8) is 0 Å². The van der Waals surface area contributed by atoms with Gasteiger partial charge in [0.05, 0.1) is 0 Å². The number of nitrogens with one attached hydrogen (secondary N) is 1. The van der Waals surface area contributed by atoms with Crippen molar-refractivity contribution >= 4 is 17.5 Å². The largest absolute Gasteiger partial charge is 0.366 e. The smallest absolute Gasteiger partial charge is 0.248 e. The molecule has 0 fully saturated rings. The van der Waals surface area contributed by atoms with Gasteiger partial charge in [0.2, 0.25) is 11.8 Å². The summed E-state index contributed by atoms with van der Waals surface area (Å²) < 4.78 is 0. The Morgan fingerprint density at radius 2 is 1.52 bits per heavy atom. The highest BCUT2D eigenvalue weighted by atomic mass is 16.2. The summed E-state index contributed by atoms with van der Waals surface area (Å²) in [5.74, 6) is -0.490. The van der Waals surface area contributed by atoms with Crippen LogP contribution in [0.4, 0.5) is 5.69 Å². The van der Waals surface area contributed by atoms with E-state index in [1.54, 1.807) is 24.3 Å². The molecular weight excluding hydrogens is 264 g/mol. The number of rotatable bonds is 3. The van der Waals surface area contributed by atoms with Crippen molar-refractivity contribution in [2.75, 3.05) is 5.32 Å². The van der Waals surface area contributed by atoms with Crippen LogP contribution in [-0.4, -0.2) is 11.8 Å². The molecule has 0 saturated heterocycles. The van der Waals surface area contributed by atoms with Gasteiger partial charge >= 0.3 is 0 Å². The van der Waals surface area contributed by atoms with Crippen molar-refractivity contribution in [3.8, 4) is 0 Å². The third kappa shape index (κ3) is 2.79. The number of anilines is 1. The number of amides is 2. The van der Waals surface area contributed by atoms with E-state index >= 15 is 0 Å². The van der Waals surface area contributed by atoms with Gasteiger partial charge in [-0.25, -0.2) is 0 Å². The molecule has 1 aliphatic rings. The number of hydrogen-bond donors (Lipinski definition) is 2. The second kappa shape index (κ2) is 5.40. The van der Waals surface area contributed by atoms with Gasteiger partial charge in [0, 0.05) is 17.2 Å². The minimum atomic E-state index is -0.473. The van der Waals surface area contributed by atoms with Gasteiger partial charge in [-0.1, -0.05) is 24.3 Å². The third-order valence-corrected chi connectivity index (χ3v) is 3.86. The SMILES string of the molecule is NC(=O)c1ccc(NC(=O)C2Cc3ccccc3C2)cc1. The summed E-state index contributed by atoms with van der Waals surface area (Å²) in [5, 5.41) is 2.89. The Balaban J connectivity index is 1.66. The fraction of sp³-hybridized carbons (Fsp3) is 0.176. The van der Waals surface area contributed by atoms with Gasteiger partial charge in [0.25, 0.3) is 0 Å². The number of hydrogen-bond acceptors (Lipinski definition) is 2. The van der Waals surface area contributed by atoms with Gasteiger partial charge in [-0.3, -0.25) is 9.59 Å². The van der Waals surface area contributed by atoms with Gasteiger partial charge in [-0.05, 0) is 48.2 Å². The Bertz CT molecular complexity index is 667. The topological polar surface area (TPSA) is 72.2 Å². The van der Waals surface area contributed by atoms with Crippen LogP contribution >= 0.6 is 0 Å². The third-order valence-electron chi connectivity index (χ3n) is 3.86. The van der Waals surface area contributed by atoms with Crippen molar-refractivity contribution in [1.29, 1.82) is 0 Å². The summed E-state index contributed by atoms with van der Waals surface area (Å²) in [7, 11) is 0. The molecule has 4 heteroatoms. The Morgan fingerprint density at radius 1 is 0.952 bits per heavy atom. The zero-order chi connectivity index (χ0) is 14.8. The summed E-state index contributed by atoms with van der Waals surface area (Å²) in [6.45, 7) is 0. The molecule has 3 N–H and O–H groups in total. The highest BCUT2D eigenvalue weighted by Gasteiger charge is 2.26. The van der Waals surface area contributed by atoms with Crippen LogP contribution < -0.4 is 11.1 Å². The molecule has 0 heterocycles. The molecule has 0 aliphatic heterocycles. The maximum Gasteiger partial charge on any atom is 0.248 e. The van der Waals surface area contributed by atoms with Crippen LogP contribution in [0.2, 0.25) is 0 Å². The molecule has 3 rings (SSSR count). The highest BCUT2D eigenvalue weighted by Crippen LogP contribution is 2.27. The molecule has 2 amide bonds.